The second-order valence-electron chi connectivity index (χ2n) is 6.01. The second kappa shape index (κ2) is 9.53. The van der Waals surface area contributed by atoms with Gasteiger partial charge < -0.3 is 4.74 Å². The fourth-order valence-electron chi connectivity index (χ4n) is 2.22. The lowest BCUT2D eigenvalue weighted by Crippen LogP contribution is -2.25. The van der Waals surface area contributed by atoms with Crippen LogP contribution in [0.25, 0.3) is 0 Å². The first-order valence-corrected chi connectivity index (χ1v) is 9.94. The normalized spacial score (nSPS) is 11.2. The van der Waals surface area contributed by atoms with E-state index in [-0.39, 0.29) is 18.4 Å². The Labute approximate surface area is 175 Å². The average Bonchev–Trinajstić information content (AvgIpc) is 2.58. The van der Waals surface area contributed by atoms with Crippen molar-refractivity contribution in [1.82, 2.24) is 5.43 Å². The van der Waals surface area contributed by atoms with Gasteiger partial charge in [-0.3, -0.25) is 4.79 Å². The highest BCUT2D eigenvalue weighted by atomic mass is 79.9. The predicted molar refractivity (Wildman–Crippen MR) is 113 cm³/mol. The van der Waals surface area contributed by atoms with E-state index in [1.165, 1.54) is 6.21 Å². The Balaban J connectivity index is 2.02. The second-order valence-corrected chi connectivity index (χ2v) is 8.09. The van der Waals surface area contributed by atoms with Gasteiger partial charge in [0.2, 0.25) is 0 Å². The van der Waals surface area contributed by atoms with Gasteiger partial charge in [0.15, 0.2) is 6.61 Å². The molecule has 0 fully saturated rings. The number of carbonyl (C=O) groups excluding carboxylic acids is 1. The number of hydrazone groups is 1. The molecule has 2 aromatic carbocycles. The van der Waals surface area contributed by atoms with Crippen molar-refractivity contribution < 1.29 is 9.53 Å². The van der Waals surface area contributed by atoms with Gasteiger partial charge >= 0.3 is 0 Å². The number of ether oxygens (including phenoxy) is 1. The van der Waals surface area contributed by atoms with Gasteiger partial charge in [0.1, 0.15) is 5.75 Å². The molecule has 0 saturated carbocycles. The summed E-state index contributed by atoms with van der Waals surface area (Å²) in [7, 11) is 0. The summed E-state index contributed by atoms with van der Waals surface area (Å²) in [6.45, 7) is 5.99. The molecule has 4 nitrogen and oxygen atoms in total. The molecule has 0 aliphatic carbocycles. The average molecular weight is 503 g/mol. The summed E-state index contributed by atoms with van der Waals surface area (Å²) in [6, 6.07) is 9.21. The van der Waals surface area contributed by atoms with Crippen molar-refractivity contribution in [3.05, 3.63) is 61.0 Å². The number of benzene rings is 2. The number of hydrogen-bond donors (Lipinski definition) is 1. The molecule has 0 bridgehead atoms. The van der Waals surface area contributed by atoms with Crippen molar-refractivity contribution in [3.63, 3.8) is 0 Å². The summed E-state index contributed by atoms with van der Waals surface area (Å²) in [6.07, 6.45) is 1.53. The maximum Gasteiger partial charge on any atom is 0.277 e. The third-order valence-electron chi connectivity index (χ3n) is 3.65. The SMILES string of the molecule is Cc1c(Br)cc(C(C)C)c(OCC(=O)N/N=C\c2cccc(Cl)c2)c1Br. The quantitative estimate of drug-likeness (QED) is 0.399. The molecule has 0 aliphatic rings. The molecule has 138 valence electrons. The fraction of sp³-hybridized carbons (Fsp3) is 0.263. The van der Waals surface area contributed by atoms with Crippen LogP contribution >= 0.6 is 43.5 Å². The molecule has 2 rings (SSSR count). The zero-order valence-corrected chi connectivity index (χ0v) is 18.6. The van der Waals surface area contributed by atoms with Gasteiger partial charge in [-0.25, -0.2) is 5.43 Å². The molecule has 2 aromatic rings. The number of rotatable bonds is 6. The minimum absolute atomic E-state index is 0.133. The van der Waals surface area contributed by atoms with Gasteiger partial charge in [-0.05, 0) is 63.7 Å². The van der Waals surface area contributed by atoms with Crippen LogP contribution in [-0.4, -0.2) is 18.7 Å². The largest absolute Gasteiger partial charge is 0.482 e. The highest BCUT2D eigenvalue weighted by Gasteiger charge is 2.17. The lowest BCUT2D eigenvalue weighted by atomic mass is 10.0. The number of nitrogens with zero attached hydrogens (tertiary/aromatic N) is 1. The predicted octanol–water partition coefficient (Wildman–Crippen LogP) is 5.83. The van der Waals surface area contributed by atoms with E-state index in [2.05, 4.69) is 56.2 Å². The number of halogens is 3. The van der Waals surface area contributed by atoms with Gasteiger partial charge in [0.25, 0.3) is 5.91 Å². The summed E-state index contributed by atoms with van der Waals surface area (Å²) in [5.41, 5.74) is 5.29. The van der Waals surface area contributed by atoms with Crippen molar-refractivity contribution in [2.24, 2.45) is 5.10 Å². The van der Waals surface area contributed by atoms with Crippen molar-refractivity contribution in [2.75, 3.05) is 6.61 Å². The third kappa shape index (κ3) is 5.56. The third-order valence-corrected chi connectivity index (χ3v) is 5.67. The highest BCUT2D eigenvalue weighted by molar-refractivity contribution is 9.11. The van der Waals surface area contributed by atoms with E-state index in [4.69, 9.17) is 16.3 Å². The van der Waals surface area contributed by atoms with Crippen LogP contribution in [0, 0.1) is 6.92 Å². The van der Waals surface area contributed by atoms with Crippen molar-refractivity contribution >= 4 is 55.6 Å². The van der Waals surface area contributed by atoms with Gasteiger partial charge in [0.05, 0.1) is 10.7 Å². The molecule has 7 heteroatoms. The molecule has 0 aromatic heterocycles. The first-order chi connectivity index (χ1) is 12.3. The van der Waals surface area contributed by atoms with Gasteiger partial charge in [-0.15, -0.1) is 0 Å². The van der Waals surface area contributed by atoms with E-state index in [0.717, 1.165) is 25.6 Å². The maximum absolute atomic E-state index is 12.0. The Morgan fingerprint density at radius 3 is 2.73 bits per heavy atom. The first kappa shape index (κ1) is 20.9. The molecule has 0 atom stereocenters. The smallest absolute Gasteiger partial charge is 0.277 e. The zero-order valence-electron chi connectivity index (χ0n) is 14.6. The van der Waals surface area contributed by atoms with Gasteiger partial charge in [-0.1, -0.05) is 53.5 Å². The molecular weight excluding hydrogens is 483 g/mol. The fourth-order valence-corrected chi connectivity index (χ4v) is 3.69. The molecule has 26 heavy (non-hydrogen) atoms. The molecular formula is C19H19Br2ClN2O2. The maximum atomic E-state index is 12.0. The molecule has 1 amide bonds. The molecule has 0 heterocycles. The van der Waals surface area contributed by atoms with Crippen LogP contribution in [0.4, 0.5) is 0 Å². The Hall–Kier alpha value is -1.37. The molecule has 0 radical (unpaired) electrons. The number of amides is 1. The molecule has 1 N–H and O–H groups in total. The number of nitrogens with one attached hydrogen (secondary N) is 1. The minimum Gasteiger partial charge on any atom is -0.482 e. The number of carbonyl (C=O) groups is 1. The van der Waals surface area contributed by atoms with E-state index in [9.17, 15) is 4.79 Å². The summed E-state index contributed by atoms with van der Waals surface area (Å²) in [4.78, 5) is 12.0. The van der Waals surface area contributed by atoms with Crippen molar-refractivity contribution in [2.45, 2.75) is 26.7 Å². The Morgan fingerprint density at radius 1 is 1.35 bits per heavy atom. The van der Waals surface area contributed by atoms with E-state index < -0.39 is 0 Å². The van der Waals surface area contributed by atoms with Crippen molar-refractivity contribution in [1.29, 1.82) is 0 Å². The van der Waals surface area contributed by atoms with Gasteiger partial charge in [-0.2, -0.15) is 5.10 Å². The molecule has 0 aliphatic heterocycles. The van der Waals surface area contributed by atoms with E-state index >= 15 is 0 Å². The molecule has 0 unspecified atom stereocenters. The minimum atomic E-state index is -0.342. The topological polar surface area (TPSA) is 50.7 Å². The molecule has 0 spiro atoms. The Bertz CT molecular complexity index is 839. The molecule has 0 saturated heterocycles. The number of hydrogen-bond acceptors (Lipinski definition) is 3. The van der Waals surface area contributed by atoms with E-state index in [1.807, 2.05) is 25.1 Å². The van der Waals surface area contributed by atoms with Crippen LogP contribution in [0.2, 0.25) is 5.02 Å². The Kier molecular flexibility index (Phi) is 7.68. The summed E-state index contributed by atoms with van der Waals surface area (Å²) in [5.74, 6) is 0.585. The Morgan fingerprint density at radius 2 is 2.08 bits per heavy atom. The van der Waals surface area contributed by atoms with Crippen LogP contribution in [-0.2, 0) is 4.79 Å². The van der Waals surface area contributed by atoms with E-state index in [0.29, 0.717) is 10.8 Å². The summed E-state index contributed by atoms with van der Waals surface area (Å²) < 4.78 is 7.61. The van der Waals surface area contributed by atoms with Crippen molar-refractivity contribution in [3.8, 4) is 5.75 Å². The van der Waals surface area contributed by atoms with E-state index in [1.54, 1.807) is 12.1 Å². The standard InChI is InChI=1S/C19H19Br2ClN2O2/c1-11(2)15-8-16(20)12(3)18(21)19(15)26-10-17(25)24-23-9-13-5-4-6-14(22)7-13/h4-9,11H,10H2,1-3H3,(H,24,25)/b23-9-. The zero-order chi connectivity index (χ0) is 19.3. The van der Waals surface area contributed by atoms with Crippen LogP contribution in [0.15, 0.2) is 44.4 Å². The summed E-state index contributed by atoms with van der Waals surface area (Å²) >= 11 is 13.0. The van der Waals surface area contributed by atoms with Crippen LogP contribution < -0.4 is 10.2 Å². The summed E-state index contributed by atoms with van der Waals surface area (Å²) in [5, 5.41) is 4.54. The lowest BCUT2D eigenvalue weighted by Gasteiger charge is -2.18. The lowest BCUT2D eigenvalue weighted by molar-refractivity contribution is -0.123. The van der Waals surface area contributed by atoms with Gasteiger partial charge in [0, 0.05) is 9.50 Å². The van der Waals surface area contributed by atoms with Crippen LogP contribution in [0.3, 0.4) is 0 Å². The highest BCUT2D eigenvalue weighted by Crippen LogP contribution is 2.40. The van der Waals surface area contributed by atoms with Crippen LogP contribution in [0.1, 0.15) is 36.5 Å². The monoisotopic (exact) mass is 500 g/mol. The van der Waals surface area contributed by atoms with Crippen LogP contribution in [0.5, 0.6) is 5.75 Å². The first-order valence-electron chi connectivity index (χ1n) is 7.98.